The van der Waals surface area contributed by atoms with E-state index in [1.807, 2.05) is 37.5 Å². The van der Waals surface area contributed by atoms with Gasteiger partial charge in [0.2, 0.25) is 0 Å². The van der Waals surface area contributed by atoms with E-state index in [1.165, 1.54) is 0 Å². The van der Waals surface area contributed by atoms with Crippen molar-refractivity contribution in [3.8, 4) is 5.75 Å². The summed E-state index contributed by atoms with van der Waals surface area (Å²) in [6, 6.07) is 8.00. The summed E-state index contributed by atoms with van der Waals surface area (Å²) >= 11 is 0. The molecular weight excluding hydrogens is 250 g/mol. The molecule has 1 aliphatic rings. The first-order chi connectivity index (χ1) is 9.81. The van der Waals surface area contributed by atoms with Gasteiger partial charge in [0, 0.05) is 43.8 Å². The van der Waals surface area contributed by atoms with Crippen LogP contribution in [0.15, 0.2) is 42.9 Å². The maximum Gasteiger partial charge on any atom is 0.125 e. The lowest BCUT2D eigenvalue weighted by molar-refractivity contribution is 0.196. The predicted octanol–water partition coefficient (Wildman–Crippen LogP) is 2.44. The Morgan fingerprint density at radius 2 is 2.25 bits per heavy atom. The van der Waals surface area contributed by atoms with Crippen LogP contribution in [0.25, 0.3) is 0 Å². The Labute approximate surface area is 119 Å². The number of rotatable bonds is 4. The fourth-order valence-corrected chi connectivity index (χ4v) is 2.53. The number of hydrogen-bond acceptors (Lipinski definition) is 4. The molecular formula is C16H19N3O. The highest BCUT2D eigenvalue weighted by molar-refractivity contribution is 5.28. The second-order valence-corrected chi connectivity index (χ2v) is 5.23. The van der Waals surface area contributed by atoms with Gasteiger partial charge in [-0.15, -0.1) is 0 Å². The highest BCUT2D eigenvalue weighted by Gasteiger charge is 2.24. The monoisotopic (exact) mass is 269 g/mol. The van der Waals surface area contributed by atoms with Gasteiger partial charge in [-0.1, -0.05) is 6.07 Å². The first-order valence-corrected chi connectivity index (χ1v) is 7.01. The molecule has 20 heavy (non-hydrogen) atoms. The second kappa shape index (κ2) is 6.01. The average molecular weight is 269 g/mol. The van der Waals surface area contributed by atoms with Gasteiger partial charge in [-0.25, -0.2) is 0 Å². The second-order valence-electron chi connectivity index (χ2n) is 5.23. The molecule has 0 radical (unpaired) electrons. The van der Waals surface area contributed by atoms with Gasteiger partial charge in [0.15, 0.2) is 0 Å². The van der Waals surface area contributed by atoms with E-state index in [-0.39, 0.29) is 6.10 Å². The van der Waals surface area contributed by atoms with Crippen molar-refractivity contribution in [2.75, 3.05) is 13.1 Å². The lowest BCUT2D eigenvalue weighted by atomic mass is 10.2. The maximum absolute atomic E-state index is 6.07. The van der Waals surface area contributed by atoms with Gasteiger partial charge in [0.25, 0.3) is 0 Å². The topological polar surface area (TPSA) is 38.2 Å². The maximum atomic E-state index is 6.07. The molecule has 104 valence electrons. The minimum atomic E-state index is 0.264. The van der Waals surface area contributed by atoms with Crippen molar-refractivity contribution in [3.63, 3.8) is 0 Å². The number of ether oxygens (including phenoxy) is 1. The molecule has 0 aliphatic carbocycles. The van der Waals surface area contributed by atoms with E-state index in [2.05, 4.69) is 20.9 Å². The highest BCUT2D eigenvalue weighted by Crippen LogP contribution is 2.21. The summed E-state index contributed by atoms with van der Waals surface area (Å²) < 4.78 is 6.07. The molecule has 1 aliphatic heterocycles. The van der Waals surface area contributed by atoms with Crippen LogP contribution in [0.4, 0.5) is 0 Å². The van der Waals surface area contributed by atoms with Gasteiger partial charge in [-0.3, -0.25) is 14.9 Å². The van der Waals surface area contributed by atoms with E-state index < -0.39 is 0 Å². The first kappa shape index (κ1) is 13.1. The third kappa shape index (κ3) is 3.14. The molecule has 2 aromatic rings. The largest absolute Gasteiger partial charge is 0.489 e. The number of aromatic nitrogens is 2. The van der Waals surface area contributed by atoms with Crippen molar-refractivity contribution in [1.29, 1.82) is 0 Å². The van der Waals surface area contributed by atoms with E-state index in [9.17, 15) is 0 Å². The molecule has 0 saturated carbocycles. The van der Waals surface area contributed by atoms with E-state index in [1.54, 1.807) is 6.20 Å². The number of likely N-dealkylation sites (tertiary alicyclic amines) is 1. The Balaban J connectivity index is 1.56. The molecule has 1 atom stereocenters. The molecule has 3 rings (SSSR count). The summed E-state index contributed by atoms with van der Waals surface area (Å²) in [4.78, 5) is 10.9. The van der Waals surface area contributed by atoms with Crippen LogP contribution in [0.3, 0.4) is 0 Å². The van der Waals surface area contributed by atoms with E-state index in [0.717, 1.165) is 43.1 Å². The lowest BCUT2D eigenvalue weighted by Gasteiger charge is -2.17. The zero-order valence-corrected chi connectivity index (χ0v) is 11.7. The molecule has 3 heterocycles. The van der Waals surface area contributed by atoms with Gasteiger partial charge in [-0.2, -0.15) is 0 Å². The van der Waals surface area contributed by atoms with E-state index in [4.69, 9.17) is 4.74 Å². The zero-order valence-electron chi connectivity index (χ0n) is 11.7. The number of pyridine rings is 2. The first-order valence-electron chi connectivity index (χ1n) is 7.01. The Bertz CT molecular complexity index is 559. The molecule has 4 heteroatoms. The molecule has 0 bridgehead atoms. The average Bonchev–Trinajstić information content (AvgIpc) is 2.90. The number of nitrogens with zero attached hydrogens (tertiary/aromatic N) is 3. The smallest absolute Gasteiger partial charge is 0.125 e. The zero-order chi connectivity index (χ0) is 13.8. The predicted molar refractivity (Wildman–Crippen MR) is 77.5 cm³/mol. The molecule has 0 spiro atoms. The van der Waals surface area contributed by atoms with Crippen LogP contribution in [0.5, 0.6) is 5.75 Å². The summed E-state index contributed by atoms with van der Waals surface area (Å²) in [5.41, 5.74) is 2.21. The Kier molecular flexibility index (Phi) is 3.92. The Hall–Kier alpha value is -1.94. The molecule has 0 aromatic carbocycles. The van der Waals surface area contributed by atoms with Gasteiger partial charge in [0.1, 0.15) is 11.9 Å². The number of aryl methyl sites for hydroxylation is 1. The summed E-state index contributed by atoms with van der Waals surface area (Å²) in [6.07, 6.45) is 6.80. The van der Waals surface area contributed by atoms with Crippen LogP contribution in [-0.2, 0) is 6.54 Å². The van der Waals surface area contributed by atoms with Crippen molar-refractivity contribution in [3.05, 3.63) is 54.1 Å². The quantitative estimate of drug-likeness (QED) is 0.854. The summed E-state index contributed by atoms with van der Waals surface area (Å²) in [5, 5.41) is 0. The molecule has 2 aromatic heterocycles. The van der Waals surface area contributed by atoms with E-state index >= 15 is 0 Å². The van der Waals surface area contributed by atoms with E-state index in [0.29, 0.717) is 0 Å². The highest BCUT2D eigenvalue weighted by atomic mass is 16.5. The van der Waals surface area contributed by atoms with Crippen LogP contribution in [0, 0.1) is 6.92 Å². The van der Waals surface area contributed by atoms with Crippen LogP contribution in [0.1, 0.15) is 17.7 Å². The van der Waals surface area contributed by atoms with Crippen molar-refractivity contribution in [2.24, 2.45) is 0 Å². The lowest BCUT2D eigenvalue weighted by Crippen LogP contribution is -2.25. The fraction of sp³-hybridized carbons (Fsp3) is 0.375. The minimum absolute atomic E-state index is 0.264. The number of hydrogen-bond donors (Lipinski definition) is 0. The standard InChI is InChI=1S/C16H19N3O/c1-13-10-17-8-5-16(13)20-15-6-9-19(12-15)11-14-4-2-3-7-18-14/h2-5,7-8,10,15H,6,9,11-12H2,1H3. The summed E-state index contributed by atoms with van der Waals surface area (Å²) in [7, 11) is 0. The third-order valence-corrected chi connectivity index (χ3v) is 3.60. The molecule has 4 nitrogen and oxygen atoms in total. The molecule has 0 amide bonds. The van der Waals surface area contributed by atoms with Crippen molar-refractivity contribution in [1.82, 2.24) is 14.9 Å². The summed E-state index contributed by atoms with van der Waals surface area (Å²) in [6.45, 7) is 4.95. The molecule has 1 saturated heterocycles. The SMILES string of the molecule is Cc1cnccc1OC1CCN(Cc2ccccn2)C1. The van der Waals surface area contributed by atoms with Gasteiger partial charge >= 0.3 is 0 Å². The van der Waals surface area contributed by atoms with Gasteiger partial charge < -0.3 is 4.74 Å². The third-order valence-electron chi connectivity index (χ3n) is 3.60. The molecule has 1 fully saturated rings. The molecule has 1 unspecified atom stereocenters. The Morgan fingerprint density at radius 1 is 1.30 bits per heavy atom. The van der Waals surface area contributed by atoms with Crippen LogP contribution >= 0.6 is 0 Å². The minimum Gasteiger partial charge on any atom is -0.489 e. The molecule has 0 N–H and O–H groups in total. The Morgan fingerprint density at radius 3 is 3.05 bits per heavy atom. The van der Waals surface area contributed by atoms with Crippen LogP contribution < -0.4 is 4.74 Å². The fourth-order valence-electron chi connectivity index (χ4n) is 2.53. The van der Waals surface area contributed by atoms with Gasteiger partial charge in [-0.05, 0) is 31.5 Å². The normalized spacial score (nSPS) is 19.1. The van der Waals surface area contributed by atoms with Crippen LogP contribution in [-0.4, -0.2) is 34.1 Å². The van der Waals surface area contributed by atoms with Gasteiger partial charge in [0.05, 0.1) is 5.69 Å². The van der Waals surface area contributed by atoms with Crippen molar-refractivity contribution in [2.45, 2.75) is 26.0 Å². The van der Waals surface area contributed by atoms with Crippen LogP contribution in [0.2, 0.25) is 0 Å². The van der Waals surface area contributed by atoms with Crippen molar-refractivity contribution >= 4 is 0 Å². The summed E-state index contributed by atoms with van der Waals surface area (Å²) in [5.74, 6) is 0.949. The van der Waals surface area contributed by atoms with Crippen molar-refractivity contribution < 1.29 is 4.74 Å².